The van der Waals surface area contributed by atoms with Gasteiger partial charge in [-0.3, -0.25) is 9.59 Å². The van der Waals surface area contributed by atoms with Gasteiger partial charge in [0.15, 0.2) is 5.78 Å². The Morgan fingerprint density at radius 1 is 1.47 bits per heavy atom. The smallest absolute Gasteiger partial charge is 0.307 e. The average molecular weight is 208 g/mol. The zero-order chi connectivity index (χ0) is 11.0. The van der Waals surface area contributed by atoms with Crippen molar-refractivity contribution in [3.05, 3.63) is 11.1 Å². The van der Waals surface area contributed by atoms with Gasteiger partial charge in [0.05, 0.1) is 6.42 Å². The van der Waals surface area contributed by atoms with Gasteiger partial charge in [-0.25, -0.2) is 0 Å². The maximum atomic E-state index is 11.7. The van der Waals surface area contributed by atoms with Crippen molar-refractivity contribution in [1.82, 2.24) is 0 Å². The molecule has 0 amide bonds. The second-order valence-corrected chi connectivity index (χ2v) is 4.66. The molecule has 15 heavy (non-hydrogen) atoms. The fraction of sp³-hybridized carbons (Fsp3) is 0.667. The zero-order valence-corrected chi connectivity index (χ0v) is 8.95. The topological polar surface area (TPSA) is 54.4 Å². The lowest BCUT2D eigenvalue weighted by atomic mass is 9.78. The molecule has 1 fully saturated rings. The molecule has 0 bridgehead atoms. The SMILES string of the molecule is CC1CCCC2CC(=O)C(CC(=O)O)=C12. The number of fused-ring (bicyclic) bond motifs is 1. The highest BCUT2D eigenvalue weighted by Crippen LogP contribution is 2.44. The molecule has 2 rings (SSSR count). The van der Waals surface area contributed by atoms with Gasteiger partial charge >= 0.3 is 5.97 Å². The third-order valence-corrected chi connectivity index (χ3v) is 3.61. The average Bonchev–Trinajstić information content (AvgIpc) is 2.43. The van der Waals surface area contributed by atoms with Crippen molar-refractivity contribution in [2.75, 3.05) is 0 Å². The van der Waals surface area contributed by atoms with E-state index < -0.39 is 5.97 Å². The second kappa shape index (κ2) is 3.80. The van der Waals surface area contributed by atoms with Gasteiger partial charge < -0.3 is 5.11 Å². The minimum atomic E-state index is -0.885. The lowest BCUT2D eigenvalue weighted by Gasteiger charge is -2.26. The van der Waals surface area contributed by atoms with Crippen LogP contribution in [-0.2, 0) is 9.59 Å². The Kier molecular flexibility index (Phi) is 2.63. The summed E-state index contributed by atoms with van der Waals surface area (Å²) in [6.07, 6.45) is 3.82. The predicted octanol–water partition coefficient (Wildman–Crippen LogP) is 2.17. The van der Waals surface area contributed by atoms with E-state index in [1.807, 2.05) is 0 Å². The van der Waals surface area contributed by atoms with E-state index >= 15 is 0 Å². The third-order valence-electron chi connectivity index (χ3n) is 3.61. The van der Waals surface area contributed by atoms with Crippen LogP contribution in [0.3, 0.4) is 0 Å². The van der Waals surface area contributed by atoms with E-state index in [9.17, 15) is 9.59 Å². The fourth-order valence-electron chi connectivity index (χ4n) is 3.00. The number of hydrogen-bond acceptors (Lipinski definition) is 2. The quantitative estimate of drug-likeness (QED) is 0.756. The molecule has 2 aliphatic rings. The molecule has 0 saturated heterocycles. The Morgan fingerprint density at radius 2 is 2.20 bits per heavy atom. The summed E-state index contributed by atoms with van der Waals surface area (Å²) in [5.41, 5.74) is 1.77. The summed E-state index contributed by atoms with van der Waals surface area (Å²) < 4.78 is 0. The Labute approximate surface area is 89.2 Å². The summed E-state index contributed by atoms with van der Waals surface area (Å²) in [4.78, 5) is 22.4. The van der Waals surface area contributed by atoms with Crippen molar-refractivity contribution in [2.45, 2.75) is 39.0 Å². The van der Waals surface area contributed by atoms with E-state index in [4.69, 9.17) is 5.11 Å². The molecule has 1 saturated carbocycles. The molecular formula is C12H16O3. The summed E-state index contributed by atoms with van der Waals surface area (Å²) >= 11 is 0. The molecule has 0 aliphatic heterocycles. The van der Waals surface area contributed by atoms with Gasteiger partial charge in [-0.05, 0) is 24.7 Å². The first-order valence-electron chi connectivity index (χ1n) is 5.57. The Hall–Kier alpha value is -1.12. The Balaban J connectivity index is 2.32. The van der Waals surface area contributed by atoms with Crippen LogP contribution < -0.4 is 0 Å². The van der Waals surface area contributed by atoms with Gasteiger partial charge in [0.1, 0.15) is 0 Å². The van der Waals surface area contributed by atoms with Crippen LogP contribution in [0.1, 0.15) is 39.0 Å². The van der Waals surface area contributed by atoms with Crippen LogP contribution in [0.15, 0.2) is 11.1 Å². The number of carbonyl (C=O) groups is 2. The van der Waals surface area contributed by atoms with Gasteiger partial charge in [-0.1, -0.05) is 18.9 Å². The number of hydrogen-bond donors (Lipinski definition) is 1. The van der Waals surface area contributed by atoms with Crippen molar-refractivity contribution in [3.63, 3.8) is 0 Å². The molecule has 3 nitrogen and oxygen atoms in total. The van der Waals surface area contributed by atoms with Crippen molar-refractivity contribution in [3.8, 4) is 0 Å². The van der Waals surface area contributed by atoms with Crippen molar-refractivity contribution in [2.24, 2.45) is 11.8 Å². The highest BCUT2D eigenvalue weighted by Gasteiger charge is 2.37. The molecule has 0 aromatic carbocycles. The monoisotopic (exact) mass is 208 g/mol. The largest absolute Gasteiger partial charge is 0.481 e. The summed E-state index contributed by atoms with van der Waals surface area (Å²) in [7, 11) is 0. The Morgan fingerprint density at radius 3 is 2.87 bits per heavy atom. The molecule has 3 heteroatoms. The van der Waals surface area contributed by atoms with Crippen molar-refractivity contribution >= 4 is 11.8 Å². The molecule has 2 unspecified atom stereocenters. The molecule has 0 heterocycles. The second-order valence-electron chi connectivity index (χ2n) is 4.66. The van der Waals surface area contributed by atoms with E-state index in [-0.39, 0.29) is 12.2 Å². The summed E-state index contributed by atoms with van der Waals surface area (Å²) in [5.74, 6) is -0.0458. The van der Waals surface area contributed by atoms with Crippen molar-refractivity contribution in [1.29, 1.82) is 0 Å². The molecule has 82 valence electrons. The molecule has 2 aliphatic carbocycles. The summed E-state index contributed by atoms with van der Waals surface area (Å²) in [5, 5.41) is 8.78. The lowest BCUT2D eigenvalue weighted by Crippen LogP contribution is -2.15. The van der Waals surface area contributed by atoms with E-state index in [1.54, 1.807) is 0 Å². The molecule has 2 atom stereocenters. The molecule has 0 aromatic rings. The fourth-order valence-corrected chi connectivity index (χ4v) is 3.00. The number of allylic oxidation sites excluding steroid dienone is 1. The third kappa shape index (κ3) is 1.83. The van der Waals surface area contributed by atoms with E-state index in [1.165, 1.54) is 6.42 Å². The van der Waals surface area contributed by atoms with Crippen LogP contribution in [0.5, 0.6) is 0 Å². The first-order valence-corrected chi connectivity index (χ1v) is 5.57. The van der Waals surface area contributed by atoms with Gasteiger partial charge in [0, 0.05) is 12.0 Å². The van der Waals surface area contributed by atoms with Gasteiger partial charge in [0.2, 0.25) is 0 Å². The number of carbonyl (C=O) groups excluding carboxylic acids is 1. The minimum Gasteiger partial charge on any atom is -0.481 e. The minimum absolute atomic E-state index is 0.0744. The number of carboxylic acid groups (broad SMARTS) is 1. The highest BCUT2D eigenvalue weighted by molar-refractivity contribution is 6.02. The number of carboxylic acids is 1. The van der Waals surface area contributed by atoms with Crippen LogP contribution >= 0.6 is 0 Å². The standard InChI is InChI=1S/C12H16O3/c1-7-3-2-4-8-5-10(13)9(12(7)8)6-11(14)15/h7-8H,2-6H2,1H3,(H,14,15). The number of aliphatic carboxylic acids is 1. The van der Waals surface area contributed by atoms with Crippen LogP contribution in [0, 0.1) is 11.8 Å². The van der Waals surface area contributed by atoms with E-state index in [0.29, 0.717) is 23.8 Å². The van der Waals surface area contributed by atoms with Crippen molar-refractivity contribution < 1.29 is 14.7 Å². The molecule has 1 N–H and O–H groups in total. The summed E-state index contributed by atoms with van der Waals surface area (Å²) in [6.45, 7) is 2.11. The highest BCUT2D eigenvalue weighted by atomic mass is 16.4. The zero-order valence-electron chi connectivity index (χ0n) is 8.95. The van der Waals surface area contributed by atoms with Crippen LogP contribution in [0.2, 0.25) is 0 Å². The first-order chi connectivity index (χ1) is 7.09. The normalized spacial score (nSPS) is 30.6. The number of Topliss-reactive ketones (excluding diaryl/α,β-unsaturated/α-hetero) is 1. The van der Waals surface area contributed by atoms with Gasteiger partial charge in [-0.15, -0.1) is 0 Å². The predicted molar refractivity (Wildman–Crippen MR) is 55.4 cm³/mol. The Bertz CT molecular complexity index is 341. The maximum absolute atomic E-state index is 11.7. The van der Waals surface area contributed by atoms with Crippen LogP contribution in [0.25, 0.3) is 0 Å². The van der Waals surface area contributed by atoms with Crippen LogP contribution in [-0.4, -0.2) is 16.9 Å². The molecular weight excluding hydrogens is 192 g/mol. The first kappa shape index (κ1) is 10.4. The molecule has 0 spiro atoms. The van der Waals surface area contributed by atoms with E-state index in [2.05, 4.69) is 6.92 Å². The number of ketones is 1. The lowest BCUT2D eigenvalue weighted by molar-refractivity contribution is -0.136. The van der Waals surface area contributed by atoms with Gasteiger partial charge in [0.25, 0.3) is 0 Å². The van der Waals surface area contributed by atoms with E-state index in [0.717, 1.165) is 18.4 Å². The van der Waals surface area contributed by atoms with Gasteiger partial charge in [-0.2, -0.15) is 0 Å². The molecule has 0 radical (unpaired) electrons. The summed E-state index contributed by atoms with van der Waals surface area (Å²) in [6, 6.07) is 0. The van der Waals surface area contributed by atoms with Crippen LogP contribution in [0.4, 0.5) is 0 Å². The number of rotatable bonds is 2. The molecule has 0 aromatic heterocycles. The maximum Gasteiger partial charge on any atom is 0.307 e.